The highest BCUT2D eigenvalue weighted by atomic mass is 35.5. The molecule has 0 aliphatic carbocycles. The summed E-state index contributed by atoms with van der Waals surface area (Å²) in [4.78, 5) is 0. The number of benzene rings is 1. The number of aliphatic hydroxyl groups excluding tert-OH is 1. The zero-order valence-electron chi connectivity index (χ0n) is 10.5. The summed E-state index contributed by atoms with van der Waals surface area (Å²) in [5.74, 6) is 0. The number of rotatable bonds is 3. The van der Waals surface area contributed by atoms with Gasteiger partial charge in [-0.3, -0.25) is 0 Å². The number of aliphatic hydroxyl groups is 1. The van der Waals surface area contributed by atoms with E-state index >= 15 is 0 Å². The van der Waals surface area contributed by atoms with Gasteiger partial charge >= 0.3 is 0 Å². The minimum Gasteiger partial charge on any atom is -0.388 e. The summed E-state index contributed by atoms with van der Waals surface area (Å²) in [6.45, 7) is 6.23. The molecular formula is C13H21Cl2NO. The molecule has 2 nitrogen and oxygen atoms in total. The highest BCUT2D eigenvalue weighted by Crippen LogP contribution is 2.27. The fraction of sp³-hybridized carbons (Fsp3) is 0.538. The van der Waals surface area contributed by atoms with Gasteiger partial charge in [0.15, 0.2) is 0 Å². The number of nitrogens with two attached hydrogens (primary N) is 1. The minimum atomic E-state index is -0.522. The molecule has 0 amide bonds. The summed E-state index contributed by atoms with van der Waals surface area (Å²) >= 11 is 5.79. The molecule has 2 atom stereocenters. The lowest BCUT2D eigenvalue weighted by molar-refractivity contribution is 0.133. The molecule has 0 radical (unpaired) electrons. The van der Waals surface area contributed by atoms with Gasteiger partial charge in [-0.2, -0.15) is 0 Å². The summed E-state index contributed by atoms with van der Waals surface area (Å²) in [5, 5.41) is 10.7. The normalized spacial score (nSPS) is 14.9. The summed E-state index contributed by atoms with van der Waals surface area (Å²) < 4.78 is 0. The Labute approximate surface area is 115 Å². The molecule has 0 spiro atoms. The van der Waals surface area contributed by atoms with Crippen molar-refractivity contribution in [3.05, 3.63) is 34.9 Å². The van der Waals surface area contributed by atoms with Crippen molar-refractivity contribution >= 4 is 24.0 Å². The van der Waals surface area contributed by atoms with E-state index in [2.05, 4.69) is 20.8 Å². The Bertz CT molecular complexity index is 332. The van der Waals surface area contributed by atoms with Crippen LogP contribution >= 0.6 is 24.0 Å². The Morgan fingerprint density at radius 2 is 1.71 bits per heavy atom. The monoisotopic (exact) mass is 277 g/mol. The first-order valence-electron chi connectivity index (χ1n) is 5.50. The van der Waals surface area contributed by atoms with Crippen LogP contribution in [0.25, 0.3) is 0 Å². The number of halogens is 2. The van der Waals surface area contributed by atoms with E-state index in [1.165, 1.54) is 0 Å². The van der Waals surface area contributed by atoms with Crippen LogP contribution in [0.1, 0.15) is 38.9 Å². The van der Waals surface area contributed by atoms with Crippen LogP contribution in [0.5, 0.6) is 0 Å². The Morgan fingerprint density at radius 3 is 2.12 bits per heavy atom. The molecule has 0 saturated carbocycles. The Morgan fingerprint density at radius 1 is 1.24 bits per heavy atom. The smallest absolute Gasteiger partial charge is 0.0805 e. The van der Waals surface area contributed by atoms with Gasteiger partial charge in [0.2, 0.25) is 0 Å². The molecule has 3 N–H and O–H groups in total. The molecule has 98 valence electrons. The second-order valence-corrected chi connectivity index (χ2v) is 5.71. The quantitative estimate of drug-likeness (QED) is 0.888. The largest absolute Gasteiger partial charge is 0.388 e. The summed E-state index contributed by atoms with van der Waals surface area (Å²) in [6.07, 6.45) is 0.0389. The van der Waals surface area contributed by atoms with Crippen LogP contribution in [-0.2, 0) is 0 Å². The second-order valence-electron chi connectivity index (χ2n) is 5.28. The van der Waals surface area contributed by atoms with Gasteiger partial charge < -0.3 is 10.8 Å². The standard InChI is InChI=1S/C13H20ClNO.ClH/c1-13(2,3)12(15)8-11(16)9-4-6-10(14)7-5-9;/h4-7,11-12,16H,8,15H2,1-3H3;1H/t11-,12+;/m1./s1. The first-order valence-corrected chi connectivity index (χ1v) is 5.87. The van der Waals surface area contributed by atoms with Crippen LogP contribution in [-0.4, -0.2) is 11.1 Å². The molecule has 0 aliphatic heterocycles. The molecule has 1 aromatic carbocycles. The predicted octanol–water partition coefficient (Wildman–Crippen LogP) is 3.56. The first kappa shape index (κ1) is 16.7. The number of hydrogen-bond donors (Lipinski definition) is 2. The lowest BCUT2D eigenvalue weighted by Gasteiger charge is -2.29. The SMILES string of the molecule is CC(C)(C)[C@@H](N)C[C@@H](O)c1ccc(Cl)cc1.Cl. The van der Waals surface area contributed by atoms with Crippen LogP contribution in [0.15, 0.2) is 24.3 Å². The minimum absolute atomic E-state index is 0. The van der Waals surface area contributed by atoms with E-state index in [0.29, 0.717) is 11.4 Å². The zero-order chi connectivity index (χ0) is 12.3. The van der Waals surface area contributed by atoms with E-state index in [4.69, 9.17) is 17.3 Å². The van der Waals surface area contributed by atoms with Gasteiger partial charge in [-0.05, 0) is 29.5 Å². The Hall–Kier alpha value is -0.280. The third-order valence-electron chi connectivity index (χ3n) is 2.84. The topological polar surface area (TPSA) is 46.2 Å². The Balaban J connectivity index is 0.00000256. The van der Waals surface area contributed by atoms with Crippen LogP contribution in [0.4, 0.5) is 0 Å². The van der Waals surface area contributed by atoms with Crippen molar-refractivity contribution in [3.8, 4) is 0 Å². The van der Waals surface area contributed by atoms with E-state index in [-0.39, 0.29) is 23.9 Å². The van der Waals surface area contributed by atoms with E-state index in [1.807, 2.05) is 12.1 Å². The molecule has 1 aromatic rings. The third-order valence-corrected chi connectivity index (χ3v) is 3.10. The molecule has 0 saturated heterocycles. The molecule has 0 unspecified atom stereocenters. The average Bonchev–Trinajstić information content (AvgIpc) is 2.17. The van der Waals surface area contributed by atoms with Crippen LogP contribution in [0.2, 0.25) is 5.02 Å². The van der Waals surface area contributed by atoms with Crippen LogP contribution < -0.4 is 5.73 Å². The highest BCUT2D eigenvalue weighted by molar-refractivity contribution is 6.30. The fourth-order valence-corrected chi connectivity index (χ4v) is 1.54. The van der Waals surface area contributed by atoms with Crippen LogP contribution in [0.3, 0.4) is 0 Å². The Kier molecular flexibility index (Phi) is 6.49. The van der Waals surface area contributed by atoms with Gasteiger partial charge in [-0.15, -0.1) is 12.4 Å². The maximum Gasteiger partial charge on any atom is 0.0805 e. The molecule has 1 rings (SSSR count). The van der Waals surface area contributed by atoms with Gasteiger partial charge in [-0.25, -0.2) is 0 Å². The van der Waals surface area contributed by atoms with Crippen molar-refractivity contribution < 1.29 is 5.11 Å². The highest BCUT2D eigenvalue weighted by Gasteiger charge is 2.23. The fourth-order valence-electron chi connectivity index (χ4n) is 1.42. The van der Waals surface area contributed by atoms with Gasteiger partial charge in [0.1, 0.15) is 0 Å². The van der Waals surface area contributed by atoms with Crippen molar-refractivity contribution in [2.24, 2.45) is 11.1 Å². The third kappa shape index (κ3) is 5.26. The van der Waals surface area contributed by atoms with Gasteiger partial charge in [-0.1, -0.05) is 44.5 Å². The lowest BCUT2D eigenvalue weighted by Crippen LogP contribution is -2.36. The van der Waals surface area contributed by atoms with Crippen molar-refractivity contribution in [2.45, 2.75) is 39.3 Å². The first-order chi connectivity index (χ1) is 7.30. The molecule has 17 heavy (non-hydrogen) atoms. The van der Waals surface area contributed by atoms with Crippen molar-refractivity contribution in [1.82, 2.24) is 0 Å². The van der Waals surface area contributed by atoms with E-state index < -0.39 is 6.10 Å². The van der Waals surface area contributed by atoms with E-state index in [0.717, 1.165) is 5.56 Å². The van der Waals surface area contributed by atoms with E-state index in [9.17, 15) is 5.11 Å². The second kappa shape index (κ2) is 6.60. The molecule has 0 bridgehead atoms. The average molecular weight is 278 g/mol. The number of hydrogen-bond acceptors (Lipinski definition) is 2. The molecular weight excluding hydrogens is 257 g/mol. The maximum absolute atomic E-state index is 10.0. The van der Waals surface area contributed by atoms with Crippen molar-refractivity contribution in [3.63, 3.8) is 0 Å². The molecule has 0 fully saturated rings. The molecule has 4 heteroatoms. The molecule has 0 aliphatic rings. The molecule has 0 aromatic heterocycles. The summed E-state index contributed by atoms with van der Waals surface area (Å²) in [6, 6.07) is 7.20. The lowest BCUT2D eigenvalue weighted by atomic mass is 9.83. The van der Waals surface area contributed by atoms with Gasteiger partial charge in [0.25, 0.3) is 0 Å². The summed E-state index contributed by atoms with van der Waals surface area (Å²) in [5.41, 5.74) is 6.91. The maximum atomic E-state index is 10.0. The van der Waals surface area contributed by atoms with E-state index in [1.54, 1.807) is 12.1 Å². The zero-order valence-corrected chi connectivity index (χ0v) is 12.1. The predicted molar refractivity (Wildman–Crippen MR) is 75.7 cm³/mol. The van der Waals surface area contributed by atoms with Gasteiger partial charge in [0, 0.05) is 11.1 Å². The molecule has 0 heterocycles. The van der Waals surface area contributed by atoms with Crippen molar-refractivity contribution in [2.75, 3.05) is 0 Å². The summed E-state index contributed by atoms with van der Waals surface area (Å²) in [7, 11) is 0. The van der Waals surface area contributed by atoms with Crippen molar-refractivity contribution in [1.29, 1.82) is 0 Å². The van der Waals surface area contributed by atoms with Crippen LogP contribution in [0, 0.1) is 5.41 Å². The van der Waals surface area contributed by atoms with Gasteiger partial charge in [0.05, 0.1) is 6.10 Å².